The van der Waals surface area contributed by atoms with Crippen molar-refractivity contribution in [3.8, 4) is 0 Å². The average molecular weight is 284 g/mol. The molecule has 1 heterocycles. The molecule has 1 fully saturated rings. The van der Waals surface area contributed by atoms with Crippen molar-refractivity contribution in [2.45, 2.75) is 18.6 Å². The molecular formula is C13H17FN2S2. The van der Waals surface area contributed by atoms with Gasteiger partial charge in [-0.15, -0.1) is 0 Å². The zero-order valence-electron chi connectivity index (χ0n) is 10.4. The molecule has 0 aromatic heterocycles. The van der Waals surface area contributed by atoms with Crippen molar-refractivity contribution >= 4 is 34.7 Å². The second-order valence-electron chi connectivity index (χ2n) is 4.38. The average Bonchev–Trinajstić information content (AvgIpc) is 2.38. The van der Waals surface area contributed by atoms with E-state index in [9.17, 15) is 4.39 Å². The highest BCUT2D eigenvalue weighted by atomic mass is 32.2. The van der Waals surface area contributed by atoms with Gasteiger partial charge in [-0.05, 0) is 24.6 Å². The van der Waals surface area contributed by atoms with E-state index < -0.39 is 0 Å². The molecule has 1 saturated heterocycles. The molecule has 0 saturated carbocycles. The van der Waals surface area contributed by atoms with E-state index in [1.807, 2.05) is 11.8 Å². The number of thiocarbonyl (C=S) groups is 1. The molecule has 0 radical (unpaired) electrons. The van der Waals surface area contributed by atoms with Gasteiger partial charge in [0.05, 0.1) is 5.69 Å². The van der Waals surface area contributed by atoms with E-state index >= 15 is 0 Å². The predicted octanol–water partition coefficient (Wildman–Crippen LogP) is 2.79. The maximum absolute atomic E-state index is 14.1. The van der Waals surface area contributed by atoms with Gasteiger partial charge in [0, 0.05) is 29.7 Å². The van der Waals surface area contributed by atoms with Crippen LogP contribution in [0.15, 0.2) is 18.2 Å². The molecule has 1 unspecified atom stereocenters. The van der Waals surface area contributed by atoms with E-state index in [1.54, 1.807) is 12.1 Å². The smallest absolute Gasteiger partial charge is 0.147 e. The van der Waals surface area contributed by atoms with Crippen LogP contribution in [0, 0.1) is 5.82 Å². The van der Waals surface area contributed by atoms with Crippen molar-refractivity contribution in [3.63, 3.8) is 0 Å². The SMILES string of the molecule is CCC1CN(c2ccc(C(N)=S)cc2F)CCS1. The van der Waals surface area contributed by atoms with Crippen molar-refractivity contribution in [1.82, 2.24) is 0 Å². The molecule has 0 bridgehead atoms. The molecule has 1 aromatic carbocycles. The topological polar surface area (TPSA) is 29.3 Å². The Labute approximate surface area is 117 Å². The molecule has 1 aromatic rings. The zero-order chi connectivity index (χ0) is 13.1. The van der Waals surface area contributed by atoms with Gasteiger partial charge >= 0.3 is 0 Å². The van der Waals surface area contributed by atoms with E-state index in [0.717, 1.165) is 25.3 Å². The van der Waals surface area contributed by atoms with Gasteiger partial charge in [0.1, 0.15) is 10.8 Å². The highest BCUT2D eigenvalue weighted by Crippen LogP contribution is 2.28. The third kappa shape index (κ3) is 2.95. The number of anilines is 1. The van der Waals surface area contributed by atoms with E-state index in [4.69, 9.17) is 18.0 Å². The Balaban J connectivity index is 2.20. The molecule has 1 atom stereocenters. The van der Waals surface area contributed by atoms with Gasteiger partial charge in [-0.25, -0.2) is 4.39 Å². The summed E-state index contributed by atoms with van der Waals surface area (Å²) in [5.41, 5.74) is 6.75. The van der Waals surface area contributed by atoms with E-state index in [2.05, 4.69) is 11.8 Å². The molecule has 0 spiro atoms. The Hall–Kier alpha value is -0.810. The highest BCUT2D eigenvalue weighted by Gasteiger charge is 2.21. The van der Waals surface area contributed by atoms with Gasteiger partial charge in [-0.1, -0.05) is 19.1 Å². The van der Waals surface area contributed by atoms with Crippen LogP contribution in [0.4, 0.5) is 10.1 Å². The second kappa shape index (κ2) is 5.89. The standard InChI is InChI=1S/C13H17FN2S2/c1-2-10-8-16(5-6-18-10)12-4-3-9(13(15)17)7-11(12)14/h3-4,7,10H,2,5-6,8H2,1H3,(H2,15,17). The summed E-state index contributed by atoms with van der Waals surface area (Å²) in [5, 5.41) is 0.591. The number of rotatable bonds is 3. The van der Waals surface area contributed by atoms with Gasteiger partial charge < -0.3 is 10.6 Å². The molecule has 0 aliphatic carbocycles. The minimum absolute atomic E-state index is 0.234. The summed E-state index contributed by atoms with van der Waals surface area (Å²) >= 11 is 6.82. The Kier molecular flexibility index (Phi) is 4.45. The molecule has 98 valence electrons. The Bertz CT molecular complexity index is 451. The van der Waals surface area contributed by atoms with Crippen molar-refractivity contribution in [2.75, 3.05) is 23.7 Å². The quantitative estimate of drug-likeness (QED) is 0.864. The van der Waals surface area contributed by atoms with Crippen LogP contribution in [0.1, 0.15) is 18.9 Å². The summed E-state index contributed by atoms with van der Waals surface area (Å²) in [4.78, 5) is 2.35. The minimum Gasteiger partial charge on any atom is -0.389 e. The van der Waals surface area contributed by atoms with E-state index in [1.165, 1.54) is 6.07 Å². The summed E-state index contributed by atoms with van der Waals surface area (Å²) in [7, 11) is 0. The number of benzene rings is 1. The van der Waals surface area contributed by atoms with Gasteiger partial charge in [0.15, 0.2) is 0 Å². The summed E-state index contributed by atoms with van der Waals surface area (Å²) in [6.07, 6.45) is 1.12. The van der Waals surface area contributed by atoms with Gasteiger partial charge in [0.25, 0.3) is 0 Å². The Morgan fingerprint density at radius 2 is 2.39 bits per heavy atom. The second-order valence-corrected chi connectivity index (χ2v) is 6.23. The molecule has 1 aliphatic heterocycles. The molecule has 0 amide bonds. The highest BCUT2D eigenvalue weighted by molar-refractivity contribution is 8.00. The van der Waals surface area contributed by atoms with Crippen LogP contribution in [0.2, 0.25) is 0 Å². The fourth-order valence-corrected chi connectivity index (χ4v) is 3.41. The van der Waals surface area contributed by atoms with Crippen LogP contribution < -0.4 is 10.6 Å². The molecule has 5 heteroatoms. The molecule has 2 nitrogen and oxygen atoms in total. The molecule has 2 rings (SSSR count). The minimum atomic E-state index is -0.234. The number of hydrogen-bond acceptors (Lipinski definition) is 3. The van der Waals surface area contributed by atoms with Gasteiger partial charge in [0.2, 0.25) is 0 Å². The first-order valence-corrected chi connectivity index (χ1v) is 7.53. The molecule has 18 heavy (non-hydrogen) atoms. The van der Waals surface area contributed by atoms with Crippen molar-refractivity contribution in [3.05, 3.63) is 29.6 Å². The van der Waals surface area contributed by atoms with Gasteiger partial charge in [-0.2, -0.15) is 11.8 Å². The van der Waals surface area contributed by atoms with Crippen molar-refractivity contribution in [2.24, 2.45) is 5.73 Å². The van der Waals surface area contributed by atoms with E-state index in [0.29, 0.717) is 16.5 Å². The number of nitrogens with zero attached hydrogens (tertiary/aromatic N) is 1. The summed E-state index contributed by atoms with van der Waals surface area (Å²) in [6.45, 7) is 3.97. The number of halogens is 1. The maximum Gasteiger partial charge on any atom is 0.147 e. The zero-order valence-corrected chi connectivity index (χ0v) is 12.0. The monoisotopic (exact) mass is 284 g/mol. The van der Waals surface area contributed by atoms with Crippen molar-refractivity contribution in [1.29, 1.82) is 0 Å². The van der Waals surface area contributed by atoms with E-state index in [-0.39, 0.29) is 10.8 Å². The molecule has 2 N–H and O–H groups in total. The van der Waals surface area contributed by atoms with Crippen LogP contribution in [0.5, 0.6) is 0 Å². The number of thioether (sulfide) groups is 1. The molecule has 1 aliphatic rings. The largest absolute Gasteiger partial charge is 0.389 e. The lowest BCUT2D eigenvalue weighted by molar-refractivity contribution is 0.613. The van der Waals surface area contributed by atoms with Crippen LogP contribution in [-0.4, -0.2) is 29.1 Å². The Morgan fingerprint density at radius 3 is 3.00 bits per heavy atom. The third-order valence-corrected chi connectivity index (χ3v) is 4.77. The normalized spacial score (nSPS) is 19.9. The van der Waals surface area contributed by atoms with Crippen molar-refractivity contribution < 1.29 is 4.39 Å². The Morgan fingerprint density at radius 1 is 1.61 bits per heavy atom. The number of nitrogens with two attached hydrogens (primary N) is 1. The van der Waals surface area contributed by atoms with Crippen LogP contribution in [0.25, 0.3) is 0 Å². The first kappa shape index (κ1) is 13.6. The van der Waals surface area contributed by atoms with Crippen LogP contribution in [-0.2, 0) is 0 Å². The van der Waals surface area contributed by atoms with Crippen LogP contribution >= 0.6 is 24.0 Å². The maximum atomic E-state index is 14.1. The first-order valence-electron chi connectivity index (χ1n) is 6.07. The first-order chi connectivity index (χ1) is 8.61. The summed E-state index contributed by atoms with van der Waals surface area (Å²) in [6, 6.07) is 5.01. The van der Waals surface area contributed by atoms with Crippen LogP contribution in [0.3, 0.4) is 0 Å². The summed E-state index contributed by atoms with van der Waals surface area (Å²) in [5.74, 6) is 0.816. The lowest BCUT2D eigenvalue weighted by atomic mass is 10.1. The number of hydrogen-bond donors (Lipinski definition) is 1. The summed E-state index contributed by atoms with van der Waals surface area (Å²) < 4.78 is 14.1. The fourth-order valence-electron chi connectivity index (χ4n) is 2.10. The van der Waals surface area contributed by atoms with Gasteiger partial charge in [-0.3, -0.25) is 0 Å². The third-order valence-electron chi connectivity index (χ3n) is 3.17. The predicted molar refractivity (Wildman–Crippen MR) is 81.0 cm³/mol. The fraction of sp³-hybridized carbons (Fsp3) is 0.462. The lowest BCUT2D eigenvalue weighted by Gasteiger charge is -2.33. The molecular weight excluding hydrogens is 267 g/mol. The lowest BCUT2D eigenvalue weighted by Crippen LogP contribution is -2.38.